The first-order valence-electron chi connectivity index (χ1n) is 5.54. The number of halogens is 1. The molecule has 0 saturated carbocycles. The van der Waals surface area contributed by atoms with Crippen LogP contribution in [-0.4, -0.2) is 27.3 Å². The van der Waals surface area contributed by atoms with E-state index in [9.17, 15) is 9.18 Å². The van der Waals surface area contributed by atoms with E-state index in [1.807, 2.05) is 0 Å². The van der Waals surface area contributed by atoms with E-state index in [0.29, 0.717) is 16.6 Å². The minimum atomic E-state index is -0.641. The third-order valence-electron chi connectivity index (χ3n) is 2.94. The number of nitrogens with one attached hydrogen (secondary N) is 1. The van der Waals surface area contributed by atoms with Gasteiger partial charge in [-0.1, -0.05) is 0 Å². The van der Waals surface area contributed by atoms with Crippen molar-refractivity contribution in [3.63, 3.8) is 0 Å². The number of amides is 1. The topological polar surface area (TPSA) is 85.3 Å². The SMILES string of the molecule is CNC(=O)c1cc2c(cc1F)nc(N)c1cncn12. The monoisotopic (exact) mass is 259 g/mol. The van der Waals surface area contributed by atoms with Crippen molar-refractivity contribution in [2.24, 2.45) is 0 Å². The summed E-state index contributed by atoms with van der Waals surface area (Å²) >= 11 is 0. The van der Waals surface area contributed by atoms with Gasteiger partial charge in [-0.2, -0.15) is 0 Å². The van der Waals surface area contributed by atoms with Gasteiger partial charge in [0.1, 0.15) is 17.2 Å². The molecule has 6 nitrogen and oxygen atoms in total. The van der Waals surface area contributed by atoms with E-state index in [0.717, 1.165) is 0 Å². The summed E-state index contributed by atoms with van der Waals surface area (Å²) < 4.78 is 15.5. The lowest BCUT2D eigenvalue weighted by Crippen LogP contribution is -2.19. The van der Waals surface area contributed by atoms with Crippen molar-refractivity contribution in [2.45, 2.75) is 0 Å². The van der Waals surface area contributed by atoms with Crippen molar-refractivity contribution >= 4 is 28.3 Å². The van der Waals surface area contributed by atoms with Crippen LogP contribution >= 0.6 is 0 Å². The van der Waals surface area contributed by atoms with Gasteiger partial charge in [0, 0.05) is 13.1 Å². The smallest absolute Gasteiger partial charge is 0.254 e. The summed E-state index contributed by atoms with van der Waals surface area (Å²) in [5, 5.41) is 2.39. The number of carbonyl (C=O) groups is 1. The van der Waals surface area contributed by atoms with Gasteiger partial charge in [0.15, 0.2) is 0 Å². The van der Waals surface area contributed by atoms with Crippen LogP contribution in [0, 0.1) is 5.82 Å². The molecule has 0 fully saturated rings. The van der Waals surface area contributed by atoms with Gasteiger partial charge in [-0.3, -0.25) is 9.20 Å². The van der Waals surface area contributed by atoms with E-state index in [1.54, 1.807) is 16.9 Å². The van der Waals surface area contributed by atoms with Gasteiger partial charge in [-0.15, -0.1) is 0 Å². The van der Waals surface area contributed by atoms with Crippen molar-refractivity contribution in [1.29, 1.82) is 0 Å². The maximum Gasteiger partial charge on any atom is 0.254 e. The van der Waals surface area contributed by atoms with Gasteiger partial charge in [0.2, 0.25) is 0 Å². The van der Waals surface area contributed by atoms with Crippen LogP contribution in [0.5, 0.6) is 0 Å². The summed E-state index contributed by atoms with van der Waals surface area (Å²) in [5.41, 5.74) is 7.27. The average Bonchev–Trinajstić information content (AvgIpc) is 2.87. The molecule has 2 heterocycles. The quantitative estimate of drug-likeness (QED) is 0.681. The highest BCUT2D eigenvalue weighted by Crippen LogP contribution is 2.22. The number of hydrogen-bond donors (Lipinski definition) is 2. The van der Waals surface area contributed by atoms with Crippen molar-refractivity contribution < 1.29 is 9.18 Å². The van der Waals surface area contributed by atoms with Gasteiger partial charge in [0.05, 0.1) is 29.1 Å². The Labute approximate surface area is 107 Å². The summed E-state index contributed by atoms with van der Waals surface area (Å²) in [7, 11) is 1.44. The molecule has 0 unspecified atom stereocenters. The Bertz CT molecular complexity index is 811. The summed E-state index contributed by atoms with van der Waals surface area (Å²) in [6, 6.07) is 2.63. The molecular formula is C12H10FN5O. The number of nitrogens with two attached hydrogens (primary N) is 1. The van der Waals surface area contributed by atoms with E-state index in [-0.39, 0.29) is 11.4 Å². The van der Waals surface area contributed by atoms with Crippen molar-refractivity contribution in [3.05, 3.63) is 36.0 Å². The number of aromatic nitrogens is 3. The predicted molar refractivity (Wildman–Crippen MR) is 68.3 cm³/mol. The molecule has 3 rings (SSSR count). The standard InChI is InChI=1S/C12H10FN5O/c1-15-12(19)6-2-9-8(3-7(6)13)17-11(14)10-4-16-5-18(9)10/h2-5H,1H3,(H2,14,17)(H,15,19). The second-order valence-corrected chi connectivity index (χ2v) is 4.05. The van der Waals surface area contributed by atoms with Crippen LogP contribution < -0.4 is 11.1 Å². The molecular weight excluding hydrogens is 249 g/mol. The zero-order chi connectivity index (χ0) is 13.6. The molecule has 2 aromatic heterocycles. The number of anilines is 1. The van der Waals surface area contributed by atoms with Crippen LogP contribution in [0.1, 0.15) is 10.4 Å². The number of carbonyl (C=O) groups excluding carboxylic acids is 1. The first kappa shape index (κ1) is 11.4. The normalized spacial score (nSPS) is 11.1. The predicted octanol–water partition coefficient (Wildman–Crippen LogP) is 0.963. The second-order valence-electron chi connectivity index (χ2n) is 4.05. The Morgan fingerprint density at radius 3 is 2.95 bits per heavy atom. The molecule has 3 N–H and O–H groups in total. The minimum Gasteiger partial charge on any atom is -0.382 e. The maximum absolute atomic E-state index is 13.8. The van der Waals surface area contributed by atoms with Crippen LogP contribution in [-0.2, 0) is 0 Å². The molecule has 0 aliphatic carbocycles. The van der Waals surface area contributed by atoms with Crippen LogP contribution in [0.3, 0.4) is 0 Å². The molecule has 0 aliphatic heterocycles. The number of imidazole rings is 1. The van der Waals surface area contributed by atoms with Crippen molar-refractivity contribution in [3.8, 4) is 0 Å². The van der Waals surface area contributed by atoms with Crippen LogP contribution in [0.25, 0.3) is 16.6 Å². The summed E-state index contributed by atoms with van der Waals surface area (Å²) in [6.07, 6.45) is 3.10. The fourth-order valence-corrected chi connectivity index (χ4v) is 2.01. The Hall–Kier alpha value is -2.70. The van der Waals surface area contributed by atoms with Crippen molar-refractivity contribution in [2.75, 3.05) is 12.8 Å². The lowest BCUT2D eigenvalue weighted by molar-refractivity contribution is 0.0959. The zero-order valence-corrected chi connectivity index (χ0v) is 10.0. The molecule has 0 saturated heterocycles. The fraction of sp³-hybridized carbons (Fsp3) is 0.0833. The van der Waals surface area contributed by atoms with Gasteiger partial charge >= 0.3 is 0 Å². The van der Waals surface area contributed by atoms with Gasteiger partial charge in [-0.25, -0.2) is 14.4 Å². The molecule has 0 radical (unpaired) electrons. The minimum absolute atomic E-state index is 0.0448. The molecule has 96 valence electrons. The first-order valence-corrected chi connectivity index (χ1v) is 5.54. The number of rotatable bonds is 1. The van der Waals surface area contributed by atoms with Crippen molar-refractivity contribution in [1.82, 2.24) is 19.7 Å². The Balaban J connectivity index is 2.43. The van der Waals surface area contributed by atoms with Gasteiger partial charge in [0.25, 0.3) is 5.91 Å². The van der Waals surface area contributed by atoms with E-state index in [2.05, 4.69) is 15.3 Å². The van der Waals surface area contributed by atoms with Gasteiger partial charge < -0.3 is 11.1 Å². The molecule has 0 bridgehead atoms. The Morgan fingerprint density at radius 1 is 1.42 bits per heavy atom. The third kappa shape index (κ3) is 1.59. The number of hydrogen-bond acceptors (Lipinski definition) is 4. The third-order valence-corrected chi connectivity index (χ3v) is 2.94. The molecule has 0 atom stereocenters. The highest BCUT2D eigenvalue weighted by Gasteiger charge is 2.15. The fourth-order valence-electron chi connectivity index (χ4n) is 2.01. The average molecular weight is 259 g/mol. The summed E-state index contributed by atoms with van der Waals surface area (Å²) in [5.74, 6) is -0.875. The highest BCUT2D eigenvalue weighted by molar-refractivity contribution is 5.98. The van der Waals surface area contributed by atoms with E-state index in [1.165, 1.54) is 19.2 Å². The van der Waals surface area contributed by atoms with Gasteiger partial charge in [-0.05, 0) is 6.07 Å². The molecule has 19 heavy (non-hydrogen) atoms. The molecule has 7 heteroatoms. The molecule has 1 amide bonds. The van der Waals surface area contributed by atoms with Crippen LogP contribution in [0.4, 0.5) is 10.2 Å². The first-order chi connectivity index (χ1) is 9.11. The van der Waals surface area contributed by atoms with E-state index in [4.69, 9.17) is 5.73 Å². The summed E-state index contributed by atoms with van der Waals surface area (Å²) in [6.45, 7) is 0. The van der Waals surface area contributed by atoms with E-state index >= 15 is 0 Å². The Morgan fingerprint density at radius 2 is 2.21 bits per heavy atom. The highest BCUT2D eigenvalue weighted by atomic mass is 19.1. The number of nitrogens with zero attached hydrogens (tertiary/aromatic N) is 3. The Kier molecular flexibility index (Phi) is 2.34. The van der Waals surface area contributed by atoms with Crippen LogP contribution in [0.2, 0.25) is 0 Å². The largest absolute Gasteiger partial charge is 0.382 e. The van der Waals surface area contributed by atoms with Crippen LogP contribution in [0.15, 0.2) is 24.7 Å². The second kappa shape index (κ2) is 3.91. The zero-order valence-electron chi connectivity index (χ0n) is 10.0. The number of fused-ring (bicyclic) bond motifs is 3. The summed E-state index contributed by atoms with van der Waals surface area (Å²) in [4.78, 5) is 19.7. The molecule has 1 aromatic carbocycles. The van der Waals surface area contributed by atoms with E-state index < -0.39 is 11.7 Å². The maximum atomic E-state index is 13.8. The lowest BCUT2D eigenvalue weighted by atomic mass is 10.1. The lowest BCUT2D eigenvalue weighted by Gasteiger charge is -2.07. The number of benzene rings is 1. The number of nitrogen functional groups attached to an aromatic ring is 1. The molecule has 3 aromatic rings. The molecule has 0 aliphatic rings. The molecule has 0 spiro atoms.